The van der Waals surface area contributed by atoms with Gasteiger partial charge in [-0.1, -0.05) is 11.6 Å². The van der Waals surface area contributed by atoms with E-state index in [2.05, 4.69) is 20.6 Å². The highest BCUT2D eigenvalue weighted by Gasteiger charge is 2.30. The predicted molar refractivity (Wildman–Crippen MR) is 107 cm³/mol. The number of amides is 2. The second-order valence-corrected chi connectivity index (χ2v) is 6.61. The molecule has 1 aromatic heterocycles. The lowest BCUT2D eigenvalue weighted by Crippen LogP contribution is -2.33. The van der Waals surface area contributed by atoms with Gasteiger partial charge in [-0.2, -0.15) is 0 Å². The number of nitrogens with one attached hydrogen (secondary N) is 2. The maximum Gasteiger partial charge on any atom is 0.276 e. The second-order valence-electron chi connectivity index (χ2n) is 6.18. The van der Waals surface area contributed by atoms with Gasteiger partial charge >= 0.3 is 0 Å². The molecule has 2 amide bonds. The SMILES string of the molecule is CNCC1CCN(C(=O)c2nccnc2C(=O)Nc2ccc(Cl)cc2)C1.Cl. The molecular weight excluding hydrogens is 389 g/mol. The van der Waals surface area contributed by atoms with Crippen LogP contribution in [0.15, 0.2) is 36.7 Å². The first-order valence-corrected chi connectivity index (χ1v) is 8.78. The summed E-state index contributed by atoms with van der Waals surface area (Å²) in [7, 11) is 1.90. The number of carbonyl (C=O) groups excluding carboxylic acids is 2. The normalized spacial score (nSPS) is 15.9. The fraction of sp³-hybridized carbons (Fsp3) is 0.333. The smallest absolute Gasteiger partial charge is 0.276 e. The molecule has 0 aliphatic carbocycles. The highest BCUT2D eigenvalue weighted by molar-refractivity contribution is 6.30. The van der Waals surface area contributed by atoms with E-state index in [1.807, 2.05) is 7.05 Å². The molecule has 1 aromatic carbocycles. The van der Waals surface area contributed by atoms with E-state index in [0.29, 0.717) is 29.7 Å². The average molecular weight is 410 g/mol. The number of aromatic nitrogens is 2. The van der Waals surface area contributed by atoms with Crippen LogP contribution in [-0.2, 0) is 0 Å². The van der Waals surface area contributed by atoms with E-state index in [1.54, 1.807) is 29.2 Å². The molecule has 1 aliphatic rings. The first-order valence-electron chi connectivity index (χ1n) is 8.40. The van der Waals surface area contributed by atoms with Gasteiger partial charge in [0.1, 0.15) is 0 Å². The van der Waals surface area contributed by atoms with Crippen molar-refractivity contribution in [1.29, 1.82) is 0 Å². The molecular formula is C18H21Cl2N5O2. The summed E-state index contributed by atoms with van der Waals surface area (Å²) in [5.74, 6) is -0.334. The quantitative estimate of drug-likeness (QED) is 0.791. The van der Waals surface area contributed by atoms with E-state index in [1.165, 1.54) is 12.4 Å². The lowest BCUT2D eigenvalue weighted by Gasteiger charge is -2.17. The molecule has 0 spiro atoms. The van der Waals surface area contributed by atoms with Crippen molar-refractivity contribution in [2.45, 2.75) is 6.42 Å². The number of likely N-dealkylation sites (tertiary alicyclic amines) is 1. The van der Waals surface area contributed by atoms with Crippen LogP contribution >= 0.6 is 24.0 Å². The molecule has 1 saturated heterocycles. The minimum atomic E-state index is -0.477. The zero-order chi connectivity index (χ0) is 18.5. The van der Waals surface area contributed by atoms with Crippen LogP contribution in [0.4, 0.5) is 5.69 Å². The number of hydrogen-bond donors (Lipinski definition) is 2. The van der Waals surface area contributed by atoms with E-state index in [9.17, 15) is 9.59 Å². The summed E-state index contributed by atoms with van der Waals surface area (Å²) < 4.78 is 0. The molecule has 3 rings (SSSR count). The van der Waals surface area contributed by atoms with Gasteiger partial charge in [0.05, 0.1) is 0 Å². The molecule has 1 aliphatic heterocycles. The van der Waals surface area contributed by atoms with Gasteiger partial charge in [-0.15, -0.1) is 12.4 Å². The molecule has 0 radical (unpaired) electrons. The Kier molecular flexibility index (Phi) is 7.53. The Bertz CT molecular complexity index is 801. The highest BCUT2D eigenvalue weighted by atomic mass is 35.5. The number of carbonyl (C=O) groups is 2. The number of nitrogens with zero attached hydrogens (tertiary/aromatic N) is 3. The molecule has 0 saturated carbocycles. The fourth-order valence-electron chi connectivity index (χ4n) is 3.01. The topological polar surface area (TPSA) is 87.2 Å². The zero-order valence-electron chi connectivity index (χ0n) is 14.8. The van der Waals surface area contributed by atoms with Crippen molar-refractivity contribution >= 4 is 41.5 Å². The Labute approximate surface area is 168 Å². The monoisotopic (exact) mass is 409 g/mol. The van der Waals surface area contributed by atoms with Crippen LogP contribution in [0.3, 0.4) is 0 Å². The molecule has 2 heterocycles. The van der Waals surface area contributed by atoms with Crippen LogP contribution in [0, 0.1) is 5.92 Å². The van der Waals surface area contributed by atoms with Crippen LogP contribution in [0.25, 0.3) is 0 Å². The number of rotatable bonds is 5. The second kappa shape index (κ2) is 9.64. The van der Waals surface area contributed by atoms with E-state index in [-0.39, 0.29) is 29.7 Å². The van der Waals surface area contributed by atoms with Crippen molar-refractivity contribution in [3.05, 3.63) is 53.1 Å². The molecule has 1 fully saturated rings. The van der Waals surface area contributed by atoms with E-state index >= 15 is 0 Å². The van der Waals surface area contributed by atoms with Gasteiger partial charge in [-0.25, -0.2) is 9.97 Å². The summed E-state index contributed by atoms with van der Waals surface area (Å²) in [5.41, 5.74) is 0.660. The van der Waals surface area contributed by atoms with Gasteiger partial charge in [0.25, 0.3) is 11.8 Å². The first-order chi connectivity index (χ1) is 12.6. The Morgan fingerprint density at radius 2 is 1.85 bits per heavy atom. The molecule has 144 valence electrons. The summed E-state index contributed by atoms with van der Waals surface area (Å²) in [6.45, 7) is 2.16. The minimum absolute atomic E-state index is 0. The molecule has 1 unspecified atom stereocenters. The number of halogens is 2. The van der Waals surface area contributed by atoms with Crippen molar-refractivity contribution in [3.8, 4) is 0 Å². The van der Waals surface area contributed by atoms with Crippen molar-refractivity contribution in [2.24, 2.45) is 5.92 Å². The first kappa shape index (κ1) is 21.1. The molecule has 2 aromatic rings. The van der Waals surface area contributed by atoms with Gasteiger partial charge in [-0.3, -0.25) is 9.59 Å². The van der Waals surface area contributed by atoms with Gasteiger partial charge in [0.2, 0.25) is 0 Å². The van der Waals surface area contributed by atoms with Crippen molar-refractivity contribution < 1.29 is 9.59 Å². The Morgan fingerprint density at radius 3 is 2.52 bits per heavy atom. The molecule has 27 heavy (non-hydrogen) atoms. The molecule has 2 N–H and O–H groups in total. The van der Waals surface area contributed by atoms with Gasteiger partial charge in [0.15, 0.2) is 11.4 Å². The van der Waals surface area contributed by atoms with Gasteiger partial charge < -0.3 is 15.5 Å². The summed E-state index contributed by atoms with van der Waals surface area (Å²) in [6, 6.07) is 6.71. The van der Waals surface area contributed by atoms with E-state index in [0.717, 1.165) is 13.0 Å². The predicted octanol–water partition coefficient (Wildman–Crippen LogP) is 2.49. The van der Waals surface area contributed by atoms with E-state index in [4.69, 9.17) is 11.6 Å². The standard InChI is InChI=1S/C18H20ClN5O2.ClH/c1-20-10-12-6-9-24(11-12)18(26)16-15(21-7-8-22-16)17(25)23-14-4-2-13(19)3-5-14;/h2-5,7-8,12,20H,6,9-11H2,1H3,(H,23,25);1H. The Morgan fingerprint density at radius 1 is 1.19 bits per heavy atom. The maximum absolute atomic E-state index is 12.8. The van der Waals surface area contributed by atoms with Crippen LogP contribution in [0.1, 0.15) is 27.4 Å². The number of hydrogen-bond acceptors (Lipinski definition) is 5. The van der Waals surface area contributed by atoms with Crippen LogP contribution in [-0.4, -0.2) is 53.4 Å². The molecule has 1 atom stereocenters. The lowest BCUT2D eigenvalue weighted by atomic mass is 10.1. The number of benzene rings is 1. The third-order valence-corrected chi connectivity index (χ3v) is 4.54. The largest absolute Gasteiger partial charge is 0.337 e. The van der Waals surface area contributed by atoms with Crippen molar-refractivity contribution in [2.75, 3.05) is 32.0 Å². The fourth-order valence-corrected chi connectivity index (χ4v) is 3.13. The summed E-state index contributed by atoms with van der Waals surface area (Å²) in [6.07, 6.45) is 3.76. The Hall–Kier alpha value is -2.22. The summed E-state index contributed by atoms with van der Waals surface area (Å²) >= 11 is 5.85. The van der Waals surface area contributed by atoms with Gasteiger partial charge in [0, 0.05) is 36.2 Å². The average Bonchev–Trinajstić information content (AvgIpc) is 3.12. The molecule has 7 nitrogen and oxygen atoms in total. The molecule has 0 bridgehead atoms. The lowest BCUT2D eigenvalue weighted by molar-refractivity contribution is 0.0775. The molecule has 9 heteroatoms. The van der Waals surface area contributed by atoms with E-state index < -0.39 is 5.91 Å². The maximum atomic E-state index is 12.8. The van der Waals surface area contributed by atoms with Crippen LogP contribution in [0.5, 0.6) is 0 Å². The Balaban J connectivity index is 0.00000261. The highest BCUT2D eigenvalue weighted by Crippen LogP contribution is 2.19. The van der Waals surface area contributed by atoms with Crippen LogP contribution in [0.2, 0.25) is 5.02 Å². The van der Waals surface area contributed by atoms with Gasteiger partial charge in [-0.05, 0) is 50.2 Å². The minimum Gasteiger partial charge on any atom is -0.337 e. The third-order valence-electron chi connectivity index (χ3n) is 4.28. The van der Waals surface area contributed by atoms with Crippen molar-refractivity contribution in [3.63, 3.8) is 0 Å². The van der Waals surface area contributed by atoms with Crippen LogP contribution < -0.4 is 10.6 Å². The third kappa shape index (κ3) is 5.15. The zero-order valence-corrected chi connectivity index (χ0v) is 16.4. The summed E-state index contributed by atoms with van der Waals surface area (Å²) in [4.78, 5) is 35.3. The summed E-state index contributed by atoms with van der Waals surface area (Å²) in [5, 5.41) is 6.42. The van der Waals surface area contributed by atoms with Crippen molar-refractivity contribution in [1.82, 2.24) is 20.2 Å². The number of anilines is 1.